The quantitative estimate of drug-likeness (QED) is 0.783. The van der Waals surface area contributed by atoms with Crippen molar-refractivity contribution in [3.8, 4) is 0 Å². The molecule has 0 saturated heterocycles. The maximum atomic E-state index is 6.03. The Kier molecular flexibility index (Phi) is 2.46. The van der Waals surface area contributed by atoms with Crippen molar-refractivity contribution in [2.24, 2.45) is 5.73 Å². The molecule has 2 N–H and O–H groups in total. The second-order valence-electron chi connectivity index (χ2n) is 3.43. The molecule has 1 aromatic carbocycles. The minimum Gasteiger partial charge on any atom is -0.324 e. The van der Waals surface area contributed by atoms with Gasteiger partial charge in [0.1, 0.15) is 0 Å². The summed E-state index contributed by atoms with van der Waals surface area (Å²) in [5.74, 6) is 0. The molecule has 2 rings (SSSR count). The summed E-state index contributed by atoms with van der Waals surface area (Å²) in [6, 6.07) is 10.2. The Morgan fingerprint density at radius 1 is 1.29 bits per heavy atom. The standard InChI is InChI=1S/C12H14N2/c1-2-11(13)9-7-8-14-12-6-4-3-5-10(9)12/h3-8,11H,2,13H2,1H3/t11-/m0/s1. The average Bonchev–Trinajstić information content (AvgIpc) is 2.27. The highest BCUT2D eigenvalue weighted by Gasteiger charge is 2.07. The summed E-state index contributed by atoms with van der Waals surface area (Å²) in [5.41, 5.74) is 8.25. The maximum Gasteiger partial charge on any atom is 0.0705 e. The molecule has 0 aliphatic rings. The van der Waals surface area contributed by atoms with E-state index in [0.717, 1.165) is 11.9 Å². The molecular formula is C12H14N2. The fourth-order valence-corrected chi connectivity index (χ4v) is 1.66. The van der Waals surface area contributed by atoms with Gasteiger partial charge in [-0.05, 0) is 24.1 Å². The van der Waals surface area contributed by atoms with E-state index in [4.69, 9.17) is 5.73 Å². The van der Waals surface area contributed by atoms with E-state index >= 15 is 0 Å². The summed E-state index contributed by atoms with van der Waals surface area (Å²) < 4.78 is 0. The van der Waals surface area contributed by atoms with Crippen LogP contribution in [0.15, 0.2) is 36.5 Å². The molecular weight excluding hydrogens is 172 g/mol. The van der Waals surface area contributed by atoms with Crippen LogP contribution < -0.4 is 5.73 Å². The van der Waals surface area contributed by atoms with Crippen molar-refractivity contribution in [2.45, 2.75) is 19.4 Å². The zero-order valence-electron chi connectivity index (χ0n) is 8.27. The van der Waals surface area contributed by atoms with E-state index in [1.165, 1.54) is 10.9 Å². The molecule has 0 unspecified atom stereocenters. The number of hydrogen-bond donors (Lipinski definition) is 1. The Balaban J connectivity index is 2.65. The minimum atomic E-state index is 0.114. The molecule has 0 spiro atoms. The van der Waals surface area contributed by atoms with Crippen molar-refractivity contribution >= 4 is 10.9 Å². The van der Waals surface area contributed by atoms with Gasteiger partial charge in [-0.3, -0.25) is 4.98 Å². The van der Waals surface area contributed by atoms with Crippen molar-refractivity contribution in [1.82, 2.24) is 4.98 Å². The molecule has 14 heavy (non-hydrogen) atoms. The van der Waals surface area contributed by atoms with E-state index in [9.17, 15) is 0 Å². The predicted octanol–water partition coefficient (Wildman–Crippen LogP) is 2.64. The molecule has 2 nitrogen and oxygen atoms in total. The zero-order chi connectivity index (χ0) is 9.97. The average molecular weight is 186 g/mol. The lowest BCUT2D eigenvalue weighted by atomic mass is 10.0. The van der Waals surface area contributed by atoms with Crippen LogP contribution in [-0.4, -0.2) is 4.98 Å². The molecule has 1 aromatic heterocycles. The zero-order valence-corrected chi connectivity index (χ0v) is 8.27. The molecule has 0 amide bonds. The number of pyridine rings is 1. The first kappa shape index (κ1) is 9.16. The smallest absolute Gasteiger partial charge is 0.0705 e. The van der Waals surface area contributed by atoms with E-state index < -0.39 is 0 Å². The van der Waals surface area contributed by atoms with Gasteiger partial charge in [0.25, 0.3) is 0 Å². The Morgan fingerprint density at radius 2 is 2.07 bits per heavy atom. The molecule has 0 bridgehead atoms. The van der Waals surface area contributed by atoms with Gasteiger partial charge in [0.05, 0.1) is 5.52 Å². The topological polar surface area (TPSA) is 38.9 Å². The third-order valence-corrected chi connectivity index (χ3v) is 2.52. The highest BCUT2D eigenvalue weighted by atomic mass is 14.7. The number of fused-ring (bicyclic) bond motifs is 1. The number of nitrogens with zero attached hydrogens (tertiary/aromatic N) is 1. The van der Waals surface area contributed by atoms with Crippen molar-refractivity contribution in [3.63, 3.8) is 0 Å². The fraction of sp³-hybridized carbons (Fsp3) is 0.250. The van der Waals surface area contributed by atoms with Crippen LogP contribution in [0.1, 0.15) is 24.9 Å². The first-order chi connectivity index (χ1) is 6.83. The van der Waals surface area contributed by atoms with Gasteiger partial charge in [0.2, 0.25) is 0 Å². The number of nitrogens with two attached hydrogens (primary N) is 1. The lowest BCUT2D eigenvalue weighted by molar-refractivity contribution is 0.703. The third kappa shape index (κ3) is 1.49. The van der Waals surface area contributed by atoms with Crippen LogP contribution in [0.2, 0.25) is 0 Å². The van der Waals surface area contributed by atoms with Crippen molar-refractivity contribution in [3.05, 3.63) is 42.1 Å². The van der Waals surface area contributed by atoms with Crippen LogP contribution in [-0.2, 0) is 0 Å². The Bertz CT molecular complexity index is 432. The molecule has 2 heteroatoms. The third-order valence-electron chi connectivity index (χ3n) is 2.52. The highest BCUT2D eigenvalue weighted by molar-refractivity contribution is 5.82. The van der Waals surface area contributed by atoms with E-state index in [2.05, 4.69) is 18.0 Å². The van der Waals surface area contributed by atoms with Crippen LogP contribution >= 0.6 is 0 Å². The van der Waals surface area contributed by atoms with E-state index in [1.807, 2.05) is 30.5 Å². The van der Waals surface area contributed by atoms with Gasteiger partial charge in [0.15, 0.2) is 0 Å². The number of benzene rings is 1. The van der Waals surface area contributed by atoms with E-state index in [0.29, 0.717) is 0 Å². The summed E-state index contributed by atoms with van der Waals surface area (Å²) in [4.78, 5) is 4.30. The van der Waals surface area contributed by atoms with Crippen molar-refractivity contribution in [1.29, 1.82) is 0 Å². The molecule has 0 fully saturated rings. The summed E-state index contributed by atoms with van der Waals surface area (Å²) in [6.07, 6.45) is 2.78. The Morgan fingerprint density at radius 3 is 2.86 bits per heavy atom. The summed E-state index contributed by atoms with van der Waals surface area (Å²) in [5, 5.41) is 1.17. The van der Waals surface area contributed by atoms with Crippen LogP contribution in [0, 0.1) is 0 Å². The van der Waals surface area contributed by atoms with Gasteiger partial charge < -0.3 is 5.73 Å². The van der Waals surface area contributed by atoms with Crippen LogP contribution in [0.4, 0.5) is 0 Å². The Hall–Kier alpha value is -1.41. The maximum absolute atomic E-state index is 6.03. The second kappa shape index (κ2) is 3.76. The van der Waals surface area contributed by atoms with Gasteiger partial charge in [-0.15, -0.1) is 0 Å². The number of hydrogen-bond acceptors (Lipinski definition) is 2. The van der Waals surface area contributed by atoms with Crippen molar-refractivity contribution in [2.75, 3.05) is 0 Å². The molecule has 0 aliphatic carbocycles. The normalized spacial score (nSPS) is 13.0. The number of para-hydroxylation sites is 1. The first-order valence-corrected chi connectivity index (χ1v) is 4.92. The molecule has 0 radical (unpaired) electrons. The van der Waals surface area contributed by atoms with Crippen LogP contribution in [0.25, 0.3) is 10.9 Å². The Labute approximate surface area is 83.8 Å². The molecule has 0 aliphatic heterocycles. The van der Waals surface area contributed by atoms with Crippen LogP contribution in [0.5, 0.6) is 0 Å². The van der Waals surface area contributed by atoms with Gasteiger partial charge in [-0.2, -0.15) is 0 Å². The van der Waals surface area contributed by atoms with Crippen molar-refractivity contribution < 1.29 is 0 Å². The fourth-order valence-electron chi connectivity index (χ4n) is 1.66. The molecule has 0 saturated carbocycles. The highest BCUT2D eigenvalue weighted by Crippen LogP contribution is 2.22. The monoisotopic (exact) mass is 186 g/mol. The molecule has 1 heterocycles. The van der Waals surface area contributed by atoms with E-state index in [-0.39, 0.29) is 6.04 Å². The molecule has 72 valence electrons. The van der Waals surface area contributed by atoms with Gasteiger partial charge >= 0.3 is 0 Å². The predicted molar refractivity (Wildman–Crippen MR) is 59.0 cm³/mol. The first-order valence-electron chi connectivity index (χ1n) is 4.92. The summed E-state index contributed by atoms with van der Waals surface area (Å²) in [7, 11) is 0. The molecule has 1 atom stereocenters. The lowest BCUT2D eigenvalue weighted by Gasteiger charge is -2.11. The van der Waals surface area contributed by atoms with E-state index in [1.54, 1.807) is 0 Å². The minimum absolute atomic E-state index is 0.114. The SMILES string of the molecule is CC[C@H](N)c1ccnc2ccccc12. The molecule has 2 aromatic rings. The van der Waals surface area contributed by atoms with Gasteiger partial charge in [-0.25, -0.2) is 0 Å². The van der Waals surface area contributed by atoms with Gasteiger partial charge in [0, 0.05) is 17.6 Å². The lowest BCUT2D eigenvalue weighted by Crippen LogP contribution is -2.09. The largest absolute Gasteiger partial charge is 0.324 e. The number of aromatic nitrogens is 1. The second-order valence-corrected chi connectivity index (χ2v) is 3.43. The number of rotatable bonds is 2. The summed E-state index contributed by atoms with van der Waals surface area (Å²) >= 11 is 0. The summed E-state index contributed by atoms with van der Waals surface area (Å²) in [6.45, 7) is 2.10. The van der Waals surface area contributed by atoms with Gasteiger partial charge in [-0.1, -0.05) is 25.1 Å². The van der Waals surface area contributed by atoms with Crippen LogP contribution in [0.3, 0.4) is 0 Å².